The molecule has 0 unspecified atom stereocenters. The lowest BCUT2D eigenvalue weighted by Crippen LogP contribution is -2.54. The summed E-state index contributed by atoms with van der Waals surface area (Å²) in [4.78, 5) is 27.8. The molecular weight excluding hydrogens is 454 g/mol. The Morgan fingerprint density at radius 3 is 2.72 bits per heavy atom. The van der Waals surface area contributed by atoms with Gasteiger partial charge in [0.1, 0.15) is 17.9 Å². The molecule has 3 aromatic rings. The monoisotopic (exact) mass is 489 g/mol. The Kier molecular flexibility index (Phi) is 6.89. The molecule has 2 aromatic carbocycles. The van der Waals surface area contributed by atoms with E-state index in [2.05, 4.69) is 0 Å². The van der Waals surface area contributed by atoms with Crippen LogP contribution in [0.2, 0.25) is 0 Å². The lowest BCUT2D eigenvalue weighted by atomic mass is 9.71. The fourth-order valence-corrected chi connectivity index (χ4v) is 5.94. The van der Waals surface area contributed by atoms with Crippen molar-refractivity contribution < 1.29 is 19.1 Å². The number of carbonyl (C=O) groups excluding carboxylic acids is 1. The van der Waals surface area contributed by atoms with Crippen LogP contribution in [0.15, 0.2) is 51.7 Å². The van der Waals surface area contributed by atoms with Crippen molar-refractivity contribution in [1.29, 1.82) is 0 Å². The molecule has 190 valence electrons. The van der Waals surface area contributed by atoms with E-state index >= 15 is 0 Å². The molecule has 1 aliphatic carbocycles. The maximum absolute atomic E-state index is 13.0. The molecule has 0 bridgehead atoms. The minimum Gasteiger partial charge on any atom is -0.488 e. The summed E-state index contributed by atoms with van der Waals surface area (Å²) in [5.74, 6) is 0.893. The summed E-state index contributed by atoms with van der Waals surface area (Å²) in [6.07, 6.45) is 5.26. The summed E-state index contributed by atoms with van der Waals surface area (Å²) < 4.78 is 11.8. The summed E-state index contributed by atoms with van der Waals surface area (Å²) in [5.41, 5.74) is 2.80. The van der Waals surface area contributed by atoms with Crippen molar-refractivity contribution in [1.82, 2.24) is 4.90 Å². The lowest BCUT2D eigenvalue weighted by Gasteiger charge is -2.47. The summed E-state index contributed by atoms with van der Waals surface area (Å²) in [5, 5.41) is 11.8. The zero-order chi connectivity index (χ0) is 25.3. The molecule has 1 aliphatic heterocycles. The second-order valence-corrected chi connectivity index (χ2v) is 10.5. The number of fused-ring (bicyclic) bond motifs is 2. The molecule has 1 saturated heterocycles. The van der Waals surface area contributed by atoms with Gasteiger partial charge in [-0.05, 0) is 62.8 Å². The van der Waals surface area contributed by atoms with Crippen molar-refractivity contribution in [2.45, 2.75) is 71.0 Å². The van der Waals surface area contributed by atoms with Crippen LogP contribution in [0, 0.1) is 19.8 Å². The Labute approximate surface area is 211 Å². The zero-order valence-corrected chi connectivity index (χ0v) is 21.2. The number of nitrogens with zero attached hydrogens (tertiary/aromatic N) is 1. The first-order chi connectivity index (χ1) is 17.4. The summed E-state index contributed by atoms with van der Waals surface area (Å²) in [6.45, 7) is 5.46. The third kappa shape index (κ3) is 4.79. The molecule has 2 aliphatic rings. The van der Waals surface area contributed by atoms with E-state index in [1.54, 1.807) is 0 Å². The van der Waals surface area contributed by atoms with Crippen LogP contribution in [-0.4, -0.2) is 34.6 Å². The van der Waals surface area contributed by atoms with E-state index in [0.29, 0.717) is 49.4 Å². The minimum atomic E-state index is -0.605. The van der Waals surface area contributed by atoms with Crippen molar-refractivity contribution in [3.8, 4) is 5.75 Å². The van der Waals surface area contributed by atoms with Crippen LogP contribution in [0.4, 0.5) is 0 Å². The average Bonchev–Trinajstić information content (AvgIpc) is 2.88. The molecule has 0 spiro atoms. The van der Waals surface area contributed by atoms with Crippen molar-refractivity contribution in [3.05, 3.63) is 75.1 Å². The topological polar surface area (TPSA) is 80.0 Å². The van der Waals surface area contributed by atoms with Crippen molar-refractivity contribution >= 4 is 16.9 Å². The molecular formula is C30H35NO5. The molecule has 2 atom stereocenters. The third-order valence-corrected chi connectivity index (χ3v) is 8.26. The van der Waals surface area contributed by atoms with Gasteiger partial charge in [0.25, 0.3) is 0 Å². The van der Waals surface area contributed by atoms with Crippen LogP contribution < -0.4 is 10.4 Å². The lowest BCUT2D eigenvalue weighted by molar-refractivity contribution is -0.143. The Balaban J connectivity index is 1.29. The van der Waals surface area contributed by atoms with Crippen molar-refractivity contribution in [2.75, 3.05) is 13.1 Å². The summed E-state index contributed by atoms with van der Waals surface area (Å²) >= 11 is 0. The number of likely N-dealkylation sites (tertiary alicyclic amines) is 1. The molecule has 6 nitrogen and oxygen atoms in total. The first-order valence-electron chi connectivity index (χ1n) is 13.1. The molecule has 1 saturated carbocycles. The highest BCUT2D eigenvalue weighted by Gasteiger charge is 2.43. The number of benzene rings is 2. The Morgan fingerprint density at radius 1 is 1.11 bits per heavy atom. The maximum Gasteiger partial charge on any atom is 0.339 e. The van der Waals surface area contributed by atoms with E-state index in [4.69, 9.17) is 9.15 Å². The third-order valence-electron chi connectivity index (χ3n) is 8.26. The number of aliphatic hydroxyl groups is 1. The second-order valence-electron chi connectivity index (χ2n) is 10.5. The largest absolute Gasteiger partial charge is 0.488 e. The number of amides is 1. The van der Waals surface area contributed by atoms with Crippen molar-refractivity contribution in [2.24, 2.45) is 5.92 Å². The molecule has 2 fully saturated rings. The van der Waals surface area contributed by atoms with Gasteiger partial charge in [-0.1, -0.05) is 43.2 Å². The van der Waals surface area contributed by atoms with Crippen LogP contribution >= 0.6 is 0 Å². The normalized spacial score (nSPS) is 21.9. The zero-order valence-electron chi connectivity index (χ0n) is 21.2. The van der Waals surface area contributed by atoms with Gasteiger partial charge in [-0.15, -0.1) is 0 Å². The molecule has 0 radical (unpaired) electrons. The number of piperidine rings is 1. The number of aryl methyl sites for hydroxylation is 2. The van der Waals surface area contributed by atoms with E-state index in [1.807, 2.05) is 61.2 Å². The van der Waals surface area contributed by atoms with Gasteiger partial charge in [0.2, 0.25) is 5.91 Å². The second kappa shape index (κ2) is 10.1. The fourth-order valence-electron chi connectivity index (χ4n) is 5.94. The maximum atomic E-state index is 13.0. The molecule has 1 N–H and O–H groups in total. The van der Waals surface area contributed by atoms with Gasteiger partial charge in [-0.3, -0.25) is 4.79 Å². The highest BCUT2D eigenvalue weighted by atomic mass is 16.5. The van der Waals surface area contributed by atoms with E-state index in [1.165, 1.54) is 0 Å². The van der Waals surface area contributed by atoms with E-state index in [9.17, 15) is 14.7 Å². The molecule has 2 heterocycles. The first-order valence-corrected chi connectivity index (χ1v) is 13.1. The van der Waals surface area contributed by atoms with Gasteiger partial charge in [-0.2, -0.15) is 0 Å². The number of hydrogen-bond acceptors (Lipinski definition) is 5. The predicted molar refractivity (Wildman–Crippen MR) is 139 cm³/mol. The van der Waals surface area contributed by atoms with Gasteiger partial charge >= 0.3 is 5.63 Å². The van der Waals surface area contributed by atoms with Gasteiger partial charge in [0.15, 0.2) is 0 Å². The Bertz CT molecular complexity index is 1310. The van der Waals surface area contributed by atoms with Gasteiger partial charge in [0, 0.05) is 41.9 Å². The summed E-state index contributed by atoms with van der Waals surface area (Å²) in [6, 6.07) is 13.8. The summed E-state index contributed by atoms with van der Waals surface area (Å²) in [7, 11) is 0. The quantitative estimate of drug-likeness (QED) is 0.489. The highest BCUT2D eigenvalue weighted by molar-refractivity contribution is 5.86. The number of ether oxygens (including phenoxy) is 1. The van der Waals surface area contributed by atoms with E-state index < -0.39 is 11.2 Å². The minimum absolute atomic E-state index is 0.0439. The fraction of sp³-hybridized carbons (Fsp3) is 0.467. The number of carbonyl (C=O) groups is 1. The van der Waals surface area contributed by atoms with Gasteiger partial charge < -0.3 is 19.2 Å². The standard InChI is InChI=1S/C30H35NO5/c1-20-24-11-13-26(35-19-22-8-4-3-5-9-22)21(2)28(24)36-29(33)25(20)12-14-27(32)31-17-16-30(34)15-7-6-10-23(30)18-31/h3-5,8-9,11,13,23,34H,6-7,10,12,14-19H2,1-2H3/t23-,30+/m1/s1. The van der Waals surface area contributed by atoms with Crippen LogP contribution in [0.5, 0.6) is 5.75 Å². The molecule has 6 heteroatoms. The molecule has 36 heavy (non-hydrogen) atoms. The van der Waals surface area contributed by atoms with E-state index in [0.717, 1.165) is 47.8 Å². The smallest absolute Gasteiger partial charge is 0.339 e. The van der Waals surface area contributed by atoms with Crippen LogP contribution in [0.25, 0.3) is 11.0 Å². The highest BCUT2D eigenvalue weighted by Crippen LogP contribution is 2.40. The van der Waals surface area contributed by atoms with Crippen LogP contribution in [-0.2, 0) is 17.8 Å². The van der Waals surface area contributed by atoms with Crippen molar-refractivity contribution in [3.63, 3.8) is 0 Å². The van der Waals surface area contributed by atoms with Crippen LogP contribution in [0.1, 0.15) is 60.8 Å². The van der Waals surface area contributed by atoms with E-state index in [-0.39, 0.29) is 18.2 Å². The molecule has 5 rings (SSSR count). The predicted octanol–water partition coefficient (Wildman–Crippen LogP) is 5.08. The molecule has 1 amide bonds. The number of rotatable bonds is 6. The number of hydrogen-bond donors (Lipinski definition) is 1. The van der Waals surface area contributed by atoms with Gasteiger partial charge in [-0.25, -0.2) is 4.79 Å². The Hall–Kier alpha value is -3.12. The Morgan fingerprint density at radius 2 is 1.92 bits per heavy atom. The van der Waals surface area contributed by atoms with Crippen LogP contribution in [0.3, 0.4) is 0 Å². The van der Waals surface area contributed by atoms with Gasteiger partial charge in [0.05, 0.1) is 5.60 Å². The molecule has 1 aromatic heterocycles. The average molecular weight is 490 g/mol. The first kappa shape index (κ1) is 24.6. The SMILES string of the molecule is Cc1c(CCC(=O)N2CC[C@@]3(O)CCCC[C@@H]3C2)c(=O)oc2c(C)c(OCc3ccccc3)ccc12.